The molecule has 0 spiro atoms. The molecule has 1 aromatic carbocycles. The Labute approximate surface area is 142 Å². The van der Waals surface area contributed by atoms with E-state index >= 15 is 0 Å². The number of hydrogen-bond acceptors (Lipinski definition) is 4. The summed E-state index contributed by atoms with van der Waals surface area (Å²) in [6, 6.07) is 7.04. The van der Waals surface area contributed by atoms with Crippen LogP contribution in [0.25, 0.3) is 0 Å². The molecule has 1 aromatic rings. The van der Waals surface area contributed by atoms with Gasteiger partial charge in [-0.05, 0) is 42.9 Å². The predicted octanol–water partition coefficient (Wildman–Crippen LogP) is 4.77. The second-order valence-corrected chi connectivity index (χ2v) is 6.65. The zero-order valence-corrected chi connectivity index (χ0v) is 14.6. The van der Waals surface area contributed by atoms with Crippen molar-refractivity contribution in [1.82, 2.24) is 0 Å². The first kappa shape index (κ1) is 19.6. The number of carboxylic acid groups (broad SMARTS) is 1. The lowest BCUT2D eigenvalue weighted by Crippen LogP contribution is -1.99. The Balaban J connectivity index is 1.95. The molecule has 0 amide bonds. The van der Waals surface area contributed by atoms with E-state index in [2.05, 4.69) is 4.74 Å². The van der Waals surface area contributed by atoms with Crippen molar-refractivity contribution in [2.75, 3.05) is 12.9 Å². The standard InChI is InChI=1S/C18H26O4S/c1-22-17(19)9-7-5-3-2-4-6-8-14-23-16-12-10-15(11-13-16)18(20)21/h10-13H,2-9,14H2,1H3,(H,20,21). The summed E-state index contributed by atoms with van der Waals surface area (Å²) in [7, 11) is 1.43. The summed E-state index contributed by atoms with van der Waals surface area (Å²) < 4.78 is 4.61. The predicted molar refractivity (Wildman–Crippen MR) is 93.1 cm³/mol. The molecule has 0 saturated carbocycles. The van der Waals surface area contributed by atoms with E-state index in [4.69, 9.17) is 5.11 Å². The number of ether oxygens (including phenoxy) is 1. The maximum Gasteiger partial charge on any atom is 0.335 e. The Morgan fingerprint density at radius 3 is 2.09 bits per heavy atom. The number of unbranched alkanes of at least 4 members (excludes halogenated alkanes) is 6. The van der Waals surface area contributed by atoms with E-state index in [0.29, 0.717) is 12.0 Å². The quantitative estimate of drug-likeness (QED) is 0.338. The largest absolute Gasteiger partial charge is 0.478 e. The molecule has 0 saturated heterocycles. The summed E-state index contributed by atoms with van der Waals surface area (Å²) in [5.74, 6) is 0.0703. The number of carboxylic acids is 1. The molecule has 0 aliphatic heterocycles. The molecule has 0 radical (unpaired) electrons. The number of rotatable bonds is 12. The lowest BCUT2D eigenvalue weighted by Gasteiger charge is -2.03. The highest BCUT2D eigenvalue weighted by molar-refractivity contribution is 7.99. The summed E-state index contributed by atoms with van der Waals surface area (Å²) in [4.78, 5) is 22.8. The molecular formula is C18H26O4S. The van der Waals surface area contributed by atoms with Gasteiger partial charge in [0, 0.05) is 11.3 Å². The summed E-state index contributed by atoms with van der Waals surface area (Å²) in [5, 5.41) is 8.84. The van der Waals surface area contributed by atoms with Crippen LogP contribution in [0.3, 0.4) is 0 Å². The van der Waals surface area contributed by atoms with Crippen molar-refractivity contribution in [3.8, 4) is 0 Å². The number of hydrogen-bond donors (Lipinski definition) is 1. The summed E-state index contributed by atoms with van der Waals surface area (Å²) in [6.07, 6.45) is 8.59. The van der Waals surface area contributed by atoms with Gasteiger partial charge in [0.05, 0.1) is 12.7 Å². The van der Waals surface area contributed by atoms with Crippen LogP contribution in [-0.2, 0) is 9.53 Å². The van der Waals surface area contributed by atoms with Gasteiger partial charge in [0.2, 0.25) is 0 Å². The number of esters is 1. The van der Waals surface area contributed by atoms with E-state index in [1.807, 2.05) is 12.1 Å². The Morgan fingerprint density at radius 1 is 0.957 bits per heavy atom. The lowest BCUT2D eigenvalue weighted by atomic mass is 10.1. The Morgan fingerprint density at radius 2 is 1.52 bits per heavy atom. The zero-order chi connectivity index (χ0) is 16.9. The number of thioether (sulfide) groups is 1. The average Bonchev–Trinajstić information content (AvgIpc) is 2.56. The highest BCUT2D eigenvalue weighted by Gasteiger charge is 2.02. The molecule has 4 nitrogen and oxygen atoms in total. The fraction of sp³-hybridized carbons (Fsp3) is 0.556. The van der Waals surface area contributed by atoms with E-state index in [-0.39, 0.29) is 5.97 Å². The molecule has 0 aromatic heterocycles. The minimum Gasteiger partial charge on any atom is -0.478 e. The Hall–Kier alpha value is -1.49. The maximum atomic E-state index is 10.9. The van der Waals surface area contributed by atoms with E-state index in [0.717, 1.165) is 23.5 Å². The van der Waals surface area contributed by atoms with Gasteiger partial charge in [-0.25, -0.2) is 4.79 Å². The SMILES string of the molecule is COC(=O)CCCCCCCCCSc1ccc(C(=O)O)cc1. The molecule has 23 heavy (non-hydrogen) atoms. The van der Waals surface area contributed by atoms with Crippen molar-refractivity contribution in [2.45, 2.75) is 56.3 Å². The zero-order valence-electron chi connectivity index (χ0n) is 13.8. The van der Waals surface area contributed by atoms with E-state index in [9.17, 15) is 9.59 Å². The molecule has 0 unspecified atom stereocenters. The van der Waals surface area contributed by atoms with Crippen molar-refractivity contribution in [2.24, 2.45) is 0 Å². The van der Waals surface area contributed by atoms with Crippen molar-refractivity contribution in [1.29, 1.82) is 0 Å². The van der Waals surface area contributed by atoms with Crippen LogP contribution in [0.5, 0.6) is 0 Å². The molecule has 128 valence electrons. The van der Waals surface area contributed by atoms with Crippen molar-refractivity contribution in [3.05, 3.63) is 29.8 Å². The summed E-state index contributed by atoms with van der Waals surface area (Å²) >= 11 is 1.77. The molecule has 0 heterocycles. The number of methoxy groups -OCH3 is 1. The normalized spacial score (nSPS) is 10.5. The van der Waals surface area contributed by atoms with Gasteiger partial charge in [-0.3, -0.25) is 4.79 Å². The molecule has 5 heteroatoms. The van der Waals surface area contributed by atoms with Crippen LogP contribution in [0.4, 0.5) is 0 Å². The first-order valence-electron chi connectivity index (χ1n) is 8.16. The minimum atomic E-state index is -0.881. The van der Waals surface area contributed by atoms with Crippen LogP contribution in [0.1, 0.15) is 61.7 Å². The van der Waals surface area contributed by atoms with Crippen LogP contribution in [0.15, 0.2) is 29.2 Å². The van der Waals surface area contributed by atoms with Gasteiger partial charge in [0.1, 0.15) is 0 Å². The van der Waals surface area contributed by atoms with Gasteiger partial charge in [0.15, 0.2) is 0 Å². The molecule has 1 N–H and O–H groups in total. The second kappa shape index (κ2) is 12.0. The lowest BCUT2D eigenvalue weighted by molar-refractivity contribution is -0.140. The fourth-order valence-corrected chi connectivity index (χ4v) is 3.15. The third-order valence-electron chi connectivity index (χ3n) is 3.62. The van der Waals surface area contributed by atoms with E-state index in [1.54, 1.807) is 23.9 Å². The van der Waals surface area contributed by atoms with Crippen LogP contribution in [-0.4, -0.2) is 29.9 Å². The first-order chi connectivity index (χ1) is 11.1. The first-order valence-corrected chi connectivity index (χ1v) is 9.15. The third-order valence-corrected chi connectivity index (χ3v) is 4.72. The molecule has 0 aliphatic rings. The smallest absolute Gasteiger partial charge is 0.335 e. The van der Waals surface area contributed by atoms with Crippen molar-refractivity contribution < 1.29 is 19.4 Å². The van der Waals surface area contributed by atoms with Gasteiger partial charge in [0.25, 0.3) is 0 Å². The number of benzene rings is 1. The molecule has 0 atom stereocenters. The number of carbonyl (C=O) groups excluding carboxylic acids is 1. The Kier molecular flexibility index (Phi) is 10.2. The van der Waals surface area contributed by atoms with E-state index < -0.39 is 5.97 Å². The van der Waals surface area contributed by atoms with Gasteiger partial charge in [-0.2, -0.15) is 0 Å². The Bertz CT molecular complexity index is 470. The van der Waals surface area contributed by atoms with Crippen LogP contribution < -0.4 is 0 Å². The minimum absolute atomic E-state index is 0.113. The number of carbonyl (C=O) groups is 2. The average molecular weight is 338 g/mol. The summed E-state index contributed by atoms with van der Waals surface area (Å²) in [5.41, 5.74) is 0.335. The molecular weight excluding hydrogens is 312 g/mol. The molecule has 0 bridgehead atoms. The van der Waals surface area contributed by atoms with Crippen LogP contribution in [0.2, 0.25) is 0 Å². The van der Waals surface area contributed by atoms with Crippen molar-refractivity contribution in [3.63, 3.8) is 0 Å². The van der Waals surface area contributed by atoms with Gasteiger partial charge < -0.3 is 9.84 Å². The highest BCUT2D eigenvalue weighted by Crippen LogP contribution is 2.20. The topological polar surface area (TPSA) is 63.6 Å². The monoisotopic (exact) mass is 338 g/mol. The van der Waals surface area contributed by atoms with Gasteiger partial charge >= 0.3 is 11.9 Å². The highest BCUT2D eigenvalue weighted by atomic mass is 32.2. The van der Waals surface area contributed by atoms with Crippen LogP contribution in [0, 0.1) is 0 Å². The molecule has 1 rings (SSSR count). The van der Waals surface area contributed by atoms with Crippen LogP contribution >= 0.6 is 11.8 Å². The van der Waals surface area contributed by atoms with Gasteiger partial charge in [-0.15, -0.1) is 11.8 Å². The molecule has 0 fully saturated rings. The van der Waals surface area contributed by atoms with Gasteiger partial charge in [-0.1, -0.05) is 32.1 Å². The molecule has 0 aliphatic carbocycles. The van der Waals surface area contributed by atoms with E-state index in [1.165, 1.54) is 39.2 Å². The number of aromatic carboxylic acids is 1. The fourth-order valence-electron chi connectivity index (χ4n) is 2.24. The summed E-state index contributed by atoms with van der Waals surface area (Å²) in [6.45, 7) is 0. The third kappa shape index (κ3) is 9.29. The van der Waals surface area contributed by atoms with Crippen molar-refractivity contribution >= 4 is 23.7 Å². The second-order valence-electron chi connectivity index (χ2n) is 5.48. The maximum absolute atomic E-state index is 10.9.